The van der Waals surface area contributed by atoms with Gasteiger partial charge in [-0.3, -0.25) is 14.2 Å². The molecule has 0 fully saturated rings. The lowest BCUT2D eigenvalue weighted by Gasteiger charge is -2.29. The van der Waals surface area contributed by atoms with E-state index in [4.69, 9.17) is 9.73 Å². The van der Waals surface area contributed by atoms with E-state index in [9.17, 15) is 14.9 Å². The molecule has 39 heavy (non-hydrogen) atoms. The molecule has 0 saturated carbocycles. The summed E-state index contributed by atoms with van der Waals surface area (Å²) < 4.78 is 9.67. The van der Waals surface area contributed by atoms with E-state index in [0.29, 0.717) is 39.4 Å². The Morgan fingerprint density at radius 2 is 1.90 bits per heavy atom. The Balaban J connectivity index is 1.77. The quantitative estimate of drug-likeness (QED) is 0.359. The molecule has 0 aliphatic carbocycles. The number of fused-ring (bicyclic) bond motifs is 2. The molecule has 0 N–H and O–H groups in total. The molecule has 1 aliphatic rings. The minimum absolute atomic E-state index is 0.147. The highest BCUT2D eigenvalue weighted by Gasteiger charge is 2.35. The van der Waals surface area contributed by atoms with Crippen molar-refractivity contribution in [1.29, 1.82) is 5.26 Å². The number of ether oxygens (including phenoxy) is 1. The van der Waals surface area contributed by atoms with Crippen LogP contribution in [-0.4, -0.2) is 40.1 Å². The van der Waals surface area contributed by atoms with Crippen molar-refractivity contribution in [3.05, 3.63) is 96.8 Å². The lowest BCUT2D eigenvalue weighted by atomic mass is 9.94. The number of hydrogen-bond donors (Lipinski definition) is 0. The lowest BCUT2D eigenvalue weighted by molar-refractivity contribution is -0.127. The van der Waals surface area contributed by atoms with E-state index in [-0.39, 0.29) is 18.0 Å². The minimum atomic E-state index is -0.687. The molecule has 0 bridgehead atoms. The van der Waals surface area contributed by atoms with E-state index in [1.807, 2.05) is 86.1 Å². The van der Waals surface area contributed by atoms with Crippen LogP contribution in [-0.2, 0) is 11.3 Å². The topological polar surface area (TPSA) is 92.6 Å². The van der Waals surface area contributed by atoms with Gasteiger partial charge < -0.3 is 14.2 Å². The zero-order valence-electron chi connectivity index (χ0n) is 22.3. The van der Waals surface area contributed by atoms with Crippen molar-refractivity contribution < 1.29 is 9.53 Å². The number of nitriles is 1. The molecule has 4 aromatic rings. The number of hydrogen-bond acceptors (Lipinski definition) is 6. The van der Waals surface area contributed by atoms with E-state index in [0.717, 1.165) is 22.0 Å². The Morgan fingerprint density at radius 3 is 2.62 bits per heavy atom. The van der Waals surface area contributed by atoms with E-state index >= 15 is 0 Å². The fourth-order valence-electron chi connectivity index (χ4n) is 5.20. The summed E-state index contributed by atoms with van der Waals surface area (Å²) in [6.07, 6.45) is 3.74. The van der Waals surface area contributed by atoms with Gasteiger partial charge in [0.15, 0.2) is 4.80 Å². The predicted octanol–water partition coefficient (Wildman–Crippen LogP) is 3.59. The summed E-state index contributed by atoms with van der Waals surface area (Å²) in [6, 6.07) is 16.8. The molecule has 1 atom stereocenters. The number of nitrogens with zero attached hydrogens (tertiary/aromatic N) is 5. The maximum atomic E-state index is 14.1. The molecule has 1 amide bonds. The third-order valence-electron chi connectivity index (χ3n) is 7.08. The zero-order valence-corrected chi connectivity index (χ0v) is 23.2. The Kier molecular flexibility index (Phi) is 7.22. The van der Waals surface area contributed by atoms with E-state index in [1.54, 1.807) is 16.6 Å². The summed E-state index contributed by atoms with van der Waals surface area (Å²) in [4.78, 5) is 34.9. The van der Waals surface area contributed by atoms with Gasteiger partial charge in [-0.1, -0.05) is 47.7 Å². The number of amides is 1. The number of thiazole rings is 1. The summed E-state index contributed by atoms with van der Waals surface area (Å²) in [5, 5.41) is 10.2. The number of carbonyl (C=O) groups excluding carboxylic acids is 1. The SMILES string of the molecule is CCN(CC)C(=O)C1=C(C)N=c2s/c(=C/c3cn(CC#N)c4ccccc34)c(=O)n2[C@@H]1c1ccccc1OC. The number of methoxy groups -OCH3 is 1. The molecule has 0 saturated heterocycles. The van der Waals surface area contributed by atoms with Gasteiger partial charge in [0.05, 0.1) is 29.0 Å². The van der Waals surface area contributed by atoms with Crippen LogP contribution in [0.25, 0.3) is 17.0 Å². The summed E-state index contributed by atoms with van der Waals surface area (Å²) in [5.41, 5.74) is 3.31. The van der Waals surface area contributed by atoms with Gasteiger partial charge in [0, 0.05) is 41.3 Å². The number of carbonyl (C=O) groups is 1. The van der Waals surface area contributed by atoms with Crippen molar-refractivity contribution >= 4 is 34.2 Å². The van der Waals surface area contributed by atoms with Gasteiger partial charge in [0.25, 0.3) is 11.5 Å². The smallest absolute Gasteiger partial charge is 0.271 e. The summed E-state index contributed by atoms with van der Waals surface area (Å²) in [6.45, 7) is 7.00. The van der Waals surface area contributed by atoms with Gasteiger partial charge in [0.1, 0.15) is 18.3 Å². The largest absolute Gasteiger partial charge is 0.496 e. The van der Waals surface area contributed by atoms with Crippen LogP contribution in [0.1, 0.15) is 37.9 Å². The third-order valence-corrected chi connectivity index (χ3v) is 8.07. The number of aromatic nitrogens is 2. The fraction of sp³-hybridized carbons (Fsp3) is 0.267. The molecule has 2 aromatic heterocycles. The monoisotopic (exact) mass is 539 g/mol. The van der Waals surface area contributed by atoms with E-state index < -0.39 is 6.04 Å². The second-order valence-electron chi connectivity index (χ2n) is 9.19. The molecule has 9 heteroatoms. The average Bonchev–Trinajstić information content (AvgIpc) is 3.45. The van der Waals surface area contributed by atoms with Crippen LogP contribution in [0.15, 0.2) is 75.8 Å². The van der Waals surface area contributed by atoms with Crippen LogP contribution >= 0.6 is 11.3 Å². The normalized spacial score (nSPS) is 15.2. The minimum Gasteiger partial charge on any atom is -0.496 e. The molecule has 2 aromatic carbocycles. The van der Waals surface area contributed by atoms with Gasteiger partial charge in [0.2, 0.25) is 0 Å². The van der Waals surface area contributed by atoms with Crippen molar-refractivity contribution in [3.8, 4) is 11.8 Å². The highest BCUT2D eigenvalue weighted by atomic mass is 32.1. The molecule has 1 aliphatic heterocycles. The molecule has 3 heterocycles. The van der Waals surface area contributed by atoms with Gasteiger partial charge in [-0.25, -0.2) is 4.99 Å². The van der Waals surface area contributed by atoms with Crippen LogP contribution in [0.2, 0.25) is 0 Å². The first-order valence-electron chi connectivity index (χ1n) is 12.8. The van der Waals surface area contributed by atoms with Gasteiger partial charge >= 0.3 is 0 Å². The first-order chi connectivity index (χ1) is 18.9. The highest BCUT2D eigenvalue weighted by Crippen LogP contribution is 2.36. The molecule has 8 nitrogen and oxygen atoms in total. The third kappa shape index (κ3) is 4.47. The van der Waals surface area contributed by atoms with Gasteiger partial charge in [-0.2, -0.15) is 5.26 Å². The molecule has 0 radical (unpaired) electrons. The number of likely N-dealkylation sites (N-methyl/N-ethyl adjacent to an activating group) is 1. The Morgan fingerprint density at radius 1 is 1.18 bits per heavy atom. The van der Waals surface area contributed by atoms with Crippen LogP contribution in [0.3, 0.4) is 0 Å². The van der Waals surface area contributed by atoms with Crippen LogP contribution in [0.4, 0.5) is 0 Å². The highest BCUT2D eigenvalue weighted by molar-refractivity contribution is 7.07. The fourth-order valence-corrected chi connectivity index (χ4v) is 6.24. The maximum Gasteiger partial charge on any atom is 0.271 e. The first-order valence-corrected chi connectivity index (χ1v) is 13.6. The van der Waals surface area contributed by atoms with Crippen LogP contribution < -0.4 is 19.6 Å². The lowest BCUT2D eigenvalue weighted by Crippen LogP contribution is -2.43. The second-order valence-corrected chi connectivity index (χ2v) is 10.2. The van der Waals surface area contributed by atoms with Gasteiger partial charge in [-0.05, 0) is 39.0 Å². The van der Waals surface area contributed by atoms with E-state index in [1.165, 1.54) is 11.3 Å². The standard InChI is InChI=1S/C30H29N5O3S/c1-5-33(6-2)29(37)26-19(3)32-30-35(27(26)22-12-8-10-14-24(22)38-4)28(36)25(39-30)17-20-18-34(16-15-31)23-13-9-7-11-21(20)23/h7-14,17-18,27H,5-6,16H2,1-4H3/b25-17+/t27-/m1/s1. The van der Waals surface area contributed by atoms with Gasteiger partial charge in [-0.15, -0.1) is 0 Å². The average molecular weight is 540 g/mol. The molecule has 5 rings (SSSR count). The van der Waals surface area contributed by atoms with Crippen molar-refractivity contribution in [2.24, 2.45) is 4.99 Å². The Hall–Kier alpha value is -4.42. The zero-order chi connectivity index (χ0) is 27.7. The molecule has 0 spiro atoms. The summed E-state index contributed by atoms with van der Waals surface area (Å²) >= 11 is 1.29. The van der Waals surface area contributed by atoms with Crippen molar-refractivity contribution in [2.75, 3.05) is 20.2 Å². The molecular weight excluding hydrogens is 510 g/mol. The summed E-state index contributed by atoms with van der Waals surface area (Å²) in [5.74, 6) is 0.446. The summed E-state index contributed by atoms with van der Waals surface area (Å²) in [7, 11) is 1.59. The van der Waals surface area contributed by atoms with Crippen molar-refractivity contribution in [3.63, 3.8) is 0 Å². The van der Waals surface area contributed by atoms with Crippen molar-refractivity contribution in [1.82, 2.24) is 14.0 Å². The number of allylic oxidation sites excluding steroid dienone is 1. The first kappa shape index (κ1) is 26.2. The number of rotatable bonds is 7. The molecular formula is C30H29N5O3S. The predicted molar refractivity (Wildman–Crippen MR) is 152 cm³/mol. The number of para-hydroxylation sites is 2. The van der Waals surface area contributed by atoms with Crippen LogP contribution in [0.5, 0.6) is 5.75 Å². The van der Waals surface area contributed by atoms with E-state index in [2.05, 4.69) is 6.07 Å². The second kappa shape index (κ2) is 10.8. The maximum absolute atomic E-state index is 14.1. The Bertz CT molecular complexity index is 1830. The Labute approximate surface area is 230 Å². The molecule has 0 unspecified atom stereocenters. The van der Waals surface area contributed by atoms with Crippen molar-refractivity contribution in [2.45, 2.75) is 33.4 Å². The number of benzene rings is 2. The van der Waals surface area contributed by atoms with Crippen LogP contribution in [0, 0.1) is 11.3 Å². The molecule has 198 valence electrons.